The third kappa shape index (κ3) is 3.67. The lowest BCUT2D eigenvalue weighted by Gasteiger charge is -2.42. The molecule has 1 amide bonds. The van der Waals surface area contributed by atoms with Gasteiger partial charge in [0.1, 0.15) is 5.52 Å². The van der Waals surface area contributed by atoms with Crippen molar-refractivity contribution in [3.8, 4) is 0 Å². The van der Waals surface area contributed by atoms with Crippen LogP contribution in [-0.2, 0) is 4.79 Å². The molecule has 0 radical (unpaired) electrons. The van der Waals surface area contributed by atoms with Crippen LogP contribution in [0.2, 0.25) is 0 Å². The first kappa shape index (κ1) is 16.9. The number of carbonyl (C=O) groups is 2. The summed E-state index contributed by atoms with van der Waals surface area (Å²) in [5.41, 5.74) is 1.83. The summed E-state index contributed by atoms with van der Waals surface area (Å²) in [6.45, 7) is 0.942. The van der Waals surface area contributed by atoms with Gasteiger partial charge in [-0.15, -0.1) is 0 Å². The zero-order valence-corrected chi connectivity index (χ0v) is 14.5. The molecule has 0 aliphatic heterocycles. The number of benzene rings is 1. The van der Waals surface area contributed by atoms with E-state index in [0.29, 0.717) is 22.5 Å². The molecule has 0 unspecified atom stereocenters. The fraction of sp³-hybridized carbons (Fsp3) is 0.474. The zero-order valence-electron chi connectivity index (χ0n) is 14.5. The maximum atomic E-state index is 12.6. The number of carbonyl (C=O) groups excluding carboxylic acids is 1. The van der Waals surface area contributed by atoms with E-state index in [4.69, 9.17) is 5.11 Å². The number of hydrogen-bond donors (Lipinski definition) is 2. The van der Waals surface area contributed by atoms with Crippen molar-refractivity contribution in [1.82, 2.24) is 20.2 Å². The number of nitrogens with one attached hydrogen (secondary N) is 1. The molecule has 7 heteroatoms. The monoisotopic (exact) mass is 354 g/mol. The number of carboxylic acid groups (broad SMARTS) is 1. The third-order valence-electron chi connectivity index (χ3n) is 5.24. The smallest absolute Gasteiger partial charge is 0.317 e. The van der Waals surface area contributed by atoms with Crippen molar-refractivity contribution in [2.24, 2.45) is 5.92 Å². The maximum Gasteiger partial charge on any atom is 0.317 e. The second kappa shape index (κ2) is 6.99. The quantitative estimate of drug-likeness (QED) is 0.786. The predicted molar refractivity (Wildman–Crippen MR) is 95.7 cm³/mol. The van der Waals surface area contributed by atoms with E-state index >= 15 is 0 Å². The molecule has 2 saturated carbocycles. The highest BCUT2D eigenvalue weighted by molar-refractivity contribution is 6.04. The van der Waals surface area contributed by atoms with Crippen molar-refractivity contribution in [2.45, 2.75) is 37.8 Å². The Kier molecular flexibility index (Phi) is 4.55. The van der Waals surface area contributed by atoms with Gasteiger partial charge < -0.3 is 10.4 Å². The molecule has 2 aliphatic carbocycles. The second-order valence-corrected chi connectivity index (χ2v) is 7.29. The fourth-order valence-electron chi connectivity index (χ4n) is 3.59. The lowest BCUT2D eigenvalue weighted by atomic mass is 9.85. The lowest BCUT2D eigenvalue weighted by Crippen LogP contribution is -2.55. The lowest BCUT2D eigenvalue weighted by molar-refractivity contribution is -0.139. The van der Waals surface area contributed by atoms with Gasteiger partial charge in [0.25, 0.3) is 5.91 Å². The van der Waals surface area contributed by atoms with Gasteiger partial charge in [0, 0.05) is 31.0 Å². The van der Waals surface area contributed by atoms with Gasteiger partial charge in [-0.3, -0.25) is 24.5 Å². The summed E-state index contributed by atoms with van der Waals surface area (Å²) in [6, 6.07) is 5.71. The summed E-state index contributed by atoms with van der Waals surface area (Å²) >= 11 is 0. The summed E-state index contributed by atoms with van der Waals surface area (Å²) in [5, 5.41) is 12.2. The molecule has 2 aromatic rings. The first-order valence-electron chi connectivity index (χ1n) is 9.06. The molecule has 4 rings (SSSR count). The molecule has 2 aliphatic rings. The minimum atomic E-state index is -0.785. The highest BCUT2D eigenvalue weighted by Crippen LogP contribution is 2.33. The SMILES string of the molecule is O=C(O)CN(CC1CC1)C1CC(NC(=O)c2cccc3nccnc23)C1. The molecule has 2 fully saturated rings. The first-order chi connectivity index (χ1) is 12.6. The number of aliphatic carboxylic acids is 1. The second-order valence-electron chi connectivity index (χ2n) is 7.29. The molecule has 1 heterocycles. The predicted octanol–water partition coefficient (Wildman–Crippen LogP) is 1.69. The van der Waals surface area contributed by atoms with E-state index in [-0.39, 0.29) is 24.5 Å². The number of carboxylic acids is 1. The van der Waals surface area contributed by atoms with Crippen LogP contribution in [0.1, 0.15) is 36.0 Å². The van der Waals surface area contributed by atoms with Crippen LogP contribution >= 0.6 is 0 Å². The van der Waals surface area contributed by atoms with Gasteiger partial charge in [-0.1, -0.05) is 6.07 Å². The average Bonchev–Trinajstić information content (AvgIpc) is 3.40. The van der Waals surface area contributed by atoms with Crippen molar-refractivity contribution >= 4 is 22.9 Å². The van der Waals surface area contributed by atoms with Crippen molar-refractivity contribution in [3.63, 3.8) is 0 Å². The Morgan fingerprint density at radius 1 is 1.19 bits per heavy atom. The Morgan fingerprint density at radius 3 is 2.69 bits per heavy atom. The van der Waals surface area contributed by atoms with Gasteiger partial charge in [-0.2, -0.15) is 0 Å². The molecule has 26 heavy (non-hydrogen) atoms. The van der Waals surface area contributed by atoms with Gasteiger partial charge in [0.05, 0.1) is 17.6 Å². The Labute approximate surface area is 151 Å². The van der Waals surface area contributed by atoms with Crippen LogP contribution in [0.4, 0.5) is 0 Å². The molecule has 0 spiro atoms. The molecular weight excluding hydrogens is 332 g/mol. The molecule has 0 atom stereocenters. The summed E-state index contributed by atoms with van der Waals surface area (Å²) in [7, 11) is 0. The van der Waals surface area contributed by atoms with Crippen LogP contribution in [-0.4, -0.2) is 57.0 Å². The minimum absolute atomic E-state index is 0.0786. The summed E-state index contributed by atoms with van der Waals surface area (Å²) < 4.78 is 0. The van der Waals surface area contributed by atoms with E-state index in [0.717, 1.165) is 19.4 Å². The first-order valence-corrected chi connectivity index (χ1v) is 9.06. The standard InChI is InChI=1S/C19H22N4O3/c24-17(25)11-23(10-12-4-5-12)14-8-13(9-14)22-19(26)15-2-1-3-16-18(15)21-7-6-20-16/h1-3,6-7,12-14H,4-5,8-11H2,(H,22,26)(H,24,25). The van der Waals surface area contributed by atoms with Crippen LogP contribution in [0.25, 0.3) is 11.0 Å². The van der Waals surface area contributed by atoms with Crippen molar-refractivity contribution in [2.75, 3.05) is 13.1 Å². The zero-order chi connectivity index (χ0) is 18.1. The van der Waals surface area contributed by atoms with E-state index in [9.17, 15) is 9.59 Å². The topological polar surface area (TPSA) is 95.4 Å². The van der Waals surface area contributed by atoms with E-state index in [1.807, 2.05) is 6.07 Å². The fourth-order valence-corrected chi connectivity index (χ4v) is 3.59. The Balaban J connectivity index is 1.36. The van der Waals surface area contributed by atoms with Crippen LogP contribution in [0.3, 0.4) is 0 Å². The number of nitrogens with zero attached hydrogens (tertiary/aromatic N) is 3. The summed E-state index contributed by atoms with van der Waals surface area (Å²) in [6.07, 6.45) is 7.18. The number of para-hydroxylation sites is 1. The number of rotatable bonds is 7. The van der Waals surface area contributed by atoms with Crippen LogP contribution in [0.5, 0.6) is 0 Å². The van der Waals surface area contributed by atoms with Gasteiger partial charge in [-0.25, -0.2) is 0 Å². The van der Waals surface area contributed by atoms with Crippen molar-refractivity contribution in [3.05, 3.63) is 36.2 Å². The molecule has 1 aromatic heterocycles. The molecule has 0 bridgehead atoms. The molecule has 7 nitrogen and oxygen atoms in total. The number of fused-ring (bicyclic) bond motifs is 1. The van der Waals surface area contributed by atoms with E-state index < -0.39 is 5.97 Å². The van der Waals surface area contributed by atoms with Crippen LogP contribution in [0.15, 0.2) is 30.6 Å². The van der Waals surface area contributed by atoms with Crippen LogP contribution in [0, 0.1) is 5.92 Å². The van der Waals surface area contributed by atoms with Gasteiger partial charge >= 0.3 is 5.97 Å². The Hall–Kier alpha value is -2.54. The van der Waals surface area contributed by atoms with Gasteiger partial charge in [0.2, 0.25) is 0 Å². The summed E-state index contributed by atoms with van der Waals surface area (Å²) in [4.78, 5) is 34.3. The normalized spacial score (nSPS) is 22.2. The minimum Gasteiger partial charge on any atom is -0.480 e. The van der Waals surface area contributed by atoms with Crippen LogP contribution < -0.4 is 5.32 Å². The highest BCUT2D eigenvalue weighted by atomic mass is 16.4. The molecule has 1 aromatic carbocycles. The van der Waals surface area contributed by atoms with E-state index in [1.165, 1.54) is 12.8 Å². The molecule has 136 valence electrons. The van der Waals surface area contributed by atoms with Gasteiger partial charge in [0.15, 0.2) is 0 Å². The maximum absolute atomic E-state index is 12.6. The van der Waals surface area contributed by atoms with Crippen molar-refractivity contribution < 1.29 is 14.7 Å². The third-order valence-corrected chi connectivity index (χ3v) is 5.24. The van der Waals surface area contributed by atoms with Crippen molar-refractivity contribution in [1.29, 1.82) is 0 Å². The van der Waals surface area contributed by atoms with Gasteiger partial charge in [-0.05, 0) is 43.7 Å². The average molecular weight is 354 g/mol. The Bertz CT molecular complexity index is 825. The largest absolute Gasteiger partial charge is 0.480 e. The molecular formula is C19H22N4O3. The van der Waals surface area contributed by atoms with E-state index in [2.05, 4.69) is 20.2 Å². The molecule has 2 N–H and O–H groups in total. The Morgan fingerprint density at radius 2 is 1.96 bits per heavy atom. The highest BCUT2D eigenvalue weighted by Gasteiger charge is 2.37. The van der Waals surface area contributed by atoms with E-state index in [1.54, 1.807) is 24.5 Å². The molecule has 0 saturated heterocycles. The number of amides is 1. The number of hydrogen-bond acceptors (Lipinski definition) is 5. The number of aromatic nitrogens is 2. The summed E-state index contributed by atoms with van der Waals surface area (Å²) in [5.74, 6) is -0.281.